The molecule has 1 aromatic heterocycles. The van der Waals surface area contributed by atoms with Gasteiger partial charge in [-0.1, -0.05) is 12.1 Å². The molecule has 0 N–H and O–H groups in total. The number of hydrogen-bond donors (Lipinski definition) is 0. The molecule has 0 unspecified atom stereocenters. The first-order valence-corrected chi connectivity index (χ1v) is 7.84. The van der Waals surface area contributed by atoms with Crippen LogP contribution in [0.1, 0.15) is 17.0 Å². The molecular weight excluding hydrogens is 355 g/mol. The molecule has 21 heavy (non-hydrogen) atoms. The average Bonchev–Trinajstić information content (AvgIpc) is 2.80. The molecule has 2 nitrogen and oxygen atoms in total. The van der Waals surface area contributed by atoms with Gasteiger partial charge in [0.25, 0.3) is 0 Å². The second kappa shape index (κ2) is 5.43. The van der Waals surface area contributed by atoms with E-state index in [0.29, 0.717) is 16.9 Å². The van der Waals surface area contributed by atoms with Crippen LogP contribution in [0.3, 0.4) is 0 Å². The van der Waals surface area contributed by atoms with Gasteiger partial charge < -0.3 is 0 Å². The number of aromatic nitrogens is 2. The van der Waals surface area contributed by atoms with Crippen LogP contribution in [0.25, 0.3) is 16.7 Å². The first-order chi connectivity index (χ1) is 10.0. The Labute approximate surface area is 135 Å². The molecule has 0 bridgehead atoms. The van der Waals surface area contributed by atoms with Crippen LogP contribution in [-0.4, -0.2) is 9.55 Å². The summed E-state index contributed by atoms with van der Waals surface area (Å²) >= 11 is 9.65. The molecule has 0 radical (unpaired) electrons. The molecule has 1 heterocycles. The van der Waals surface area contributed by atoms with Crippen molar-refractivity contribution >= 4 is 38.6 Å². The molecule has 3 rings (SSSR count). The molecule has 5 heteroatoms. The van der Waals surface area contributed by atoms with Gasteiger partial charge in [0.05, 0.1) is 22.6 Å². The van der Waals surface area contributed by atoms with E-state index in [2.05, 4.69) is 20.9 Å². The van der Waals surface area contributed by atoms with E-state index in [1.54, 1.807) is 6.92 Å². The van der Waals surface area contributed by atoms with Crippen molar-refractivity contribution < 1.29 is 4.39 Å². The molecule has 0 saturated carbocycles. The van der Waals surface area contributed by atoms with Crippen LogP contribution in [0.2, 0.25) is 0 Å². The maximum atomic E-state index is 13.7. The van der Waals surface area contributed by atoms with Crippen molar-refractivity contribution in [3.63, 3.8) is 0 Å². The van der Waals surface area contributed by atoms with E-state index in [4.69, 9.17) is 11.6 Å². The summed E-state index contributed by atoms with van der Waals surface area (Å²) in [5, 5.41) is 0. The number of nitrogens with zero attached hydrogens (tertiary/aromatic N) is 2. The lowest BCUT2D eigenvalue weighted by atomic mass is 10.2. The van der Waals surface area contributed by atoms with Gasteiger partial charge in [0, 0.05) is 10.5 Å². The van der Waals surface area contributed by atoms with Crippen LogP contribution >= 0.6 is 27.5 Å². The highest BCUT2D eigenvalue weighted by atomic mass is 79.9. The van der Waals surface area contributed by atoms with Gasteiger partial charge in [-0.3, -0.25) is 4.57 Å². The fraction of sp³-hybridized carbons (Fsp3) is 0.188. The SMILES string of the molecule is Cc1cc2c(cc1F)nc(CCl)n2-c1cccc(C)c1Br. The molecule has 0 atom stereocenters. The van der Waals surface area contributed by atoms with Crippen molar-refractivity contribution in [3.8, 4) is 5.69 Å². The fourth-order valence-corrected chi connectivity index (χ4v) is 3.04. The highest BCUT2D eigenvalue weighted by molar-refractivity contribution is 9.10. The summed E-state index contributed by atoms with van der Waals surface area (Å²) in [6.45, 7) is 3.77. The molecular formula is C16H13BrClFN2. The lowest BCUT2D eigenvalue weighted by Crippen LogP contribution is -2.01. The summed E-state index contributed by atoms with van der Waals surface area (Å²) in [7, 11) is 0. The van der Waals surface area contributed by atoms with E-state index in [1.807, 2.05) is 35.8 Å². The molecule has 0 aliphatic rings. The molecule has 3 aromatic rings. The average molecular weight is 368 g/mol. The third-order valence-electron chi connectivity index (χ3n) is 3.54. The van der Waals surface area contributed by atoms with E-state index in [-0.39, 0.29) is 11.7 Å². The summed E-state index contributed by atoms with van der Waals surface area (Å²) in [4.78, 5) is 4.45. The second-order valence-electron chi connectivity index (χ2n) is 5.00. The summed E-state index contributed by atoms with van der Waals surface area (Å²) in [6, 6.07) is 9.27. The first kappa shape index (κ1) is 14.5. The zero-order chi connectivity index (χ0) is 15.1. The van der Waals surface area contributed by atoms with Crippen LogP contribution in [-0.2, 0) is 5.88 Å². The number of rotatable bonds is 2. The van der Waals surface area contributed by atoms with Crippen molar-refractivity contribution in [2.45, 2.75) is 19.7 Å². The van der Waals surface area contributed by atoms with Crippen LogP contribution < -0.4 is 0 Å². The molecule has 0 aliphatic heterocycles. The van der Waals surface area contributed by atoms with Crippen molar-refractivity contribution in [1.29, 1.82) is 0 Å². The minimum atomic E-state index is -0.253. The van der Waals surface area contributed by atoms with E-state index in [0.717, 1.165) is 21.2 Å². The van der Waals surface area contributed by atoms with Crippen molar-refractivity contribution in [2.75, 3.05) is 0 Å². The molecule has 108 valence electrons. The monoisotopic (exact) mass is 366 g/mol. The minimum Gasteiger partial charge on any atom is -0.294 e. The van der Waals surface area contributed by atoms with Crippen molar-refractivity contribution in [1.82, 2.24) is 9.55 Å². The Morgan fingerprint density at radius 1 is 1.24 bits per heavy atom. The van der Waals surface area contributed by atoms with Gasteiger partial charge in [-0.2, -0.15) is 0 Å². The lowest BCUT2D eigenvalue weighted by molar-refractivity contribution is 0.620. The number of alkyl halides is 1. The fourth-order valence-electron chi connectivity index (χ4n) is 2.42. The molecule has 0 saturated heterocycles. The Morgan fingerprint density at radius 2 is 2.00 bits per heavy atom. The molecule has 0 spiro atoms. The summed E-state index contributed by atoms with van der Waals surface area (Å²) in [6.07, 6.45) is 0. The number of benzene rings is 2. The van der Waals surface area contributed by atoms with Gasteiger partial charge in [0.15, 0.2) is 0 Å². The maximum absolute atomic E-state index is 13.7. The standard InChI is InChI=1S/C16H13BrClFN2/c1-9-4-3-5-13(16(9)17)21-14-6-10(2)11(19)7-12(14)20-15(21)8-18/h3-7H,8H2,1-2H3. The normalized spacial score (nSPS) is 11.3. The second-order valence-corrected chi connectivity index (χ2v) is 6.06. The molecule has 0 fully saturated rings. The van der Waals surface area contributed by atoms with Gasteiger partial charge >= 0.3 is 0 Å². The Hall–Kier alpha value is -1.39. The molecule has 0 aliphatic carbocycles. The highest BCUT2D eigenvalue weighted by Gasteiger charge is 2.16. The zero-order valence-corrected chi connectivity index (χ0v) is 14.0. The predicted molar refractivity (Wildman–Crippen MR) is 87.8 cm³/mol. The number of imidazole rings is 1. The third-order valence-corrected chi connectivity index (χ3v) is 4.81. The largest absolute Gasteiger partial charge is 0.294 e. The van der Waals surface area contributed by atoms with Gasteiger partial charge in [0.2, 0.25) is 0 Å². The van der Waals surface area contributed by atoms with Crippen LogP contribution in [0.15, 0.2) is 34.8 Å². The van der Waals surface area contributed by atoms with E-state index in [1.165, 1.54) is 6.07 Å². The number of aryl methyl sites for hydroxylation is 2. The van der Waals surface area contributed by atoms with Crippen molar-refractivity contribution in [2.24, 2.45) is 0 Å². The van der Waals surface area contributed by atoms with Gasteiger partial charge in [-0.05, 0) is 53.0 Å². The Morgan fingerprint density at radius 3 is 2.71 bits per heavy atom. The lowest BCUT2D eigenvalue weighted by Gasteiger charge is -2.12. The number of halogens is 3. The van der Waals surface area contributed by atoms with Gasteiger partial charge in [-0.25, -0.2) is 9.37 Å². The minimum absolute atomic E-state index is 0.253. The highest BCUT2D eigenvalue weighted by Crippen LogP contribution is 2.31. The third kappa shape index (κ3) is 2.36. The smallest absolute Gasteiger partial charge is 0.129 e. The van der Waals surface area contributed by atoms with Crippen LogP contribution in [0.5, 0.6) is 0 Å². The number of fused-ring (bicyclic) bond motifs is 1. The quantitative estimate of drug-likeness (QED) is 0.563. The Balaban J connectivity index is 2.40. The van der Waals surface area contributed by atoms with Gasteiger partial charge in [-0.15, -0.1) is 11.6 Å². The summed E-state index contributed by atoms with van der Waals surface area (Å²) in [5.74, 6) is 0.704. The maximum Gasteiger partial charge on any atom is 0.129 e. The summed E-state index contributed by atoms with van der Waals surface area (Å²) in [5.41, 5.74) is 4.14. The van der Waals surface area contributed by atoms with E-state index in [9.17, 15) is 4.39 Å². The topological polar surface area (TPSA) is 17.8 Å². The summed E-state index contributed by atoms with van der Waals surface area (Å²) < 4.78 is 16.7. The molecule has 0 amide bonds. The first-order valence-electron chi connectivity index (χ1n) is 6.52. The van der Waals surface area contributed by atoms with Crippen LogP contribution in [0.4, 0.5) is 4.39 Å². The van der Waals surface area contributed by atoms with E-state index < -0.39 is 0 Å². The predicted octanol–water partition coefficient (Wildman–Crippen LogP) is 5.28. The van der Waals surface area contributed by atoms with E-state index >= 15 is 0 Å². The Kier molecular flexibility index (Phi) is 3.76. The Bertz CT molecular complexity index is 842. The van der Waals surface area contributed by atoms with Crippen LogP contribution in [0, 0.1) is 19.7 Å². The van der Waals surface area contributed by atoms with Gasteiger partial charge in [0.1, 0.15) is 11.6 Å². The number of hydrogen-bond acceptors (Lipinski definition) is 1. The zero-order valence-electron chi connectivity index (χ0n) is 11.6. The van der Waals surface area contributed by atoms with Crippen molar-refractivity contribution in [3.05, 3.63) is 57.6 Å². The molecule has 2 aromatic carbocycles.